The fraction of sp³-hybridized carbons (Fsp3) is 0.947. The lowest BCUT2D eigenvalue weighted by Gasteiger charge is -2.34. The van der Waals surface area contributed by atoms with Crippen LogP contribution >= 0.6 is 0 Å². The van der Waals surface area contributed by atoms with E-state index >= 15 is 0 Å². The molecule has 0 amide bonds. The molecule has 1 aliphatic carbocycles. The average Bonchev–Trinajstić information content (AvgIpc) is 3.02. The highest BCUT2D eigenvalue weighted by atomic mass is 15.2. The molecule has 1 saturated heterocycles. The van der Waals surface area contributed by atoms with Crippen LogP contribution in [-0.2, 0) is 0 Å². The van der Waals surface area contributed by atoms with Gasteiger partial charge in [-0.3, -0.25) is 4.99 Å². The van der Waals surface area contributed by atoms with Crippen LogP contribution in [0.5, 0.6) is 0 Å². The second kappa shape index (κ2) is 8.91. The lowest BCUT2D eigenvalue weighted by molar-refractivity contribution is 0.186. The van der Waals surface area contributed by atoms with Gasteiger partial charge in [0.05, 0.1) is 0 Å². The SMILES string of the molecule is CCC1(CNC(=NC)NC2CCN(CC(C)C)CC2)CCCC1. The van der Waals surface area contributed by atoms with Crippen molar-refractivity contribution < 1.29 is 0 Å². The maximum absolute atomic E-state index is 4.46. The summed E-state index contributed by atoms with van der Waals surface area (Å²) < 4.78 is 0. The normalized spacial score (nSPS) is 23.4. The van der Waals surface area contributed by atoms with Crippen LogP contribution in [-0.4, -0.2) is 50.1 Å². The van der Waals surface area contributed by atoms with Gasteiger partial charge in [0.25, 0.3) is 0 Å². The molecule has 4 nitrogen and oxygen atoms in total. The number of hydrogen-bond donors (Lipinski definition) is 2. The molecule has 1 aliphatic heterocycles. The number of hydrogen-bond acceptors (Lipinski definition) is 2. The molecule has 2 rings (SSSR count). The first kappa shape index (κ1) is 18.6. The van der Waals surface area contributed by atoms with Crippen LogP contribution < -0.4 is 10.6 Å². The molecule has 23 heavy (non-hydrogen) atoms. The Morgan fingerprint density at radius 1 is 1.22 bits per heavy atom. The molecule has 2 fully saturated rings. The summed E-state index contributed by atoms with van der Waals surface area (Å²) in [6, 6.07) is 0.575. The molecule has 0 atom stereocenters. The van der Waals surface area contributed by atoms with E-state index in [1.54, 1.807) is 0 Å². The predicted molar refractivity (Wildman–Crippen MR) is 100.0 cm³/mol. The summed E-state index contributed by atoms with van der Waals surface area (Å²) >= 11 is 0. The zero-order valence-corrected chi connectivity index (χ0v) is 15.8. The standard InChI is InChI=1S/C19H38N4/c1-5-19(10-6-7-11-19)15-21-18(20-4)22-17-8-12-23(13-9-17)14-16(2)3/h16-17H,5-15H2,1-4H3,(H2,20,21,22). The van der Waals surface area contributed by atoms with Crippen LogP contribution in [0, 0.1) is 11.3 Å². The van der Waals surface area contributed by atoms with Gasteiger partial charge in [0.15, 0.2) is 5.96 Å². The van der Waals surface area contributed by atoms with E-state index in [4.69, 9.17) is 0 Å². The second-order valence-corrected chi connectivity index (χ2v) is 8.10. The van der Waals surface area contributed by atoms with Crippen molar-refractivity contribution in [1.29, 1.82) is 0 Å². The van der Waals surface area contributed by atoms with Crippen molar-refractivity contribution in [2.24, 2.45) is 16.3 Å². The fourth-order valence-corrected chi connectivity index (χ4v) is 4.22. The van der Waals surface area contributed by atoms with E-state index in [9.17, 15) is 0 Å². The minimum atomic E-state index is 0.512. The number of nitrogens with one attached hydrogen (secondary N) is 2. The third kappa shape index (κ3) is 5.66. The molecule has 0 spiro atoms. The van der Waals surface area contributed by atoms with Gasteiger partial charge in [-0.2, -0.15) is 0 Å². The Morgan fingerprint density at radius 2 is 1.87 bits per heavy atom. The van der Waals surface area contributed by atoms with Gasteiger partial charge in [0.2, 0.25) is 0 Å². The molecule has 0 bridgehead atoms. The Hall–Kier alpha value is -0.770. The topological polar surface area (TPSA) is 39.7 Å². The Balaban J connectivity index is 1.73. The summed E-state index contributed by atoms with van der Waals surface area (Å²) in [5.41, 5.74) is 0.512. The molecule has 2 aliphatic rings. The average molecular weight is 323 g/mol. The highest BCUT2D eigenvalue weighted by molar-refractivity contribution is 5.80. The molecule has 1 saturated carbocycles. The Morgan fingerprint density at radius 3 is 2.39 bits per heavy atom. The van der Waals surface area contributed by atoms with Gasteiger partial charge in [-0.05, 0) is 43.4 Å². The van der Waals surface area contributed by atoms with Crippen molar-refractivity contribution in [1.82, 2.24) is 15.5 Å². The summed E-state index contributed by atoms with van der Waals surface area (Å²) in [4.78, 5) is 7.06. The number of aliphatic imine (C=N–C) groups is 1. The van der Waals surface area contributed by atoms with Crippen molar-refractivity contribution in [2.45, 2.75) is 71.8 Å². The molecule has 0 unspecified atom stereocenters. The third-order valence-electron chi connectivity index (χ3n) is 5.82. The van der Waals surface area contributed by atoms with Gasteiger partial charge in [-0.15, -0.1) is 0 Å². The number of guanidine groups is 1. The largest absolute Gasteiger partial charge is 0.356 e. The van der Waals surface area contributed by atoms with E-state index < -0.39 is 0 Å². The van der Waals surface area contributed by atoms with Crippen molar-refractivity contribution in [3.8, 4) is 0 Å². The van der Waals surface area contributed by atoms with E-state index in [0.717, 1.165) is 18.4 Å². The lowest BCUT2D eigenvalue weighted by atomic mass is 9.83. The van der Waals surface area contributed by atoms with Gasteiger partial charge in [0, 0.05) is 39.3 Å². The van der Waals surface area contributed by atoms with E-state index in [0.29, 0.717) is 11.5 Å². The van der Waals surface area contributed by atoms with Gasteiger partial charge >= 0.3 is 0 Å². The maximum Gasteiger partial charge on any atom is 0.191 e. The Bertz CT molecular complexity index is 364. The number of rotatable bonds is 6. The van der Waals surface area contributed by atoms with Gasteiger partial charge in [0.1, 0.15) is 0 Å². The zero-order chi connectivity index (χ0) is 16.7. The van der Waals surface area contributed by atoms with E-state index in [1.165, 1.54) is 64.6 Å². The summed E-state index contributed by atoms with van der Waals surface area (Å²) in [7, 11) is 1.90. The second-order valence-electron chi connectivity index (χ2n) is 8.10. The minimum absolute atomic E-state index is 0.512. The van der Waals surface area contributed by atoms with Crippen molar-refractivity contribution >= 4 is 5.96 Å². The van der Waals surface area contributed by atoms with Crippen molar-refractivity contribution in [3.63, 3.8) is 0 Å². The van der Waals surface area contributed by atoms with Crippen LogP contribution in [0.1, 0.15) is 65.7 Å². The molecule has 0 aromatic carbocycles. The van der Waals surface area contributed by atoms with Crippen LogP contribution in [0.4, 0.5) is 0 Å². The molecule has 4 heteroatoms. The van der Waals surface area contributed by atoms with Crippen LogP contribution in [0.25, 0.3) is 0 Å². The number of likely N-dealkylation sites (tertiary alicyclic amines) is 1. The minimum Gasteiger partial charge on any atom is -0.356 e. The van der Waals surface area contributed by atoms with Crippen LogP contribution in [0.3, 0.4) is 0 Å². The zero-order valence-electron chi connectivity index (χ0n) is 15.8. The van der Waals surface area contributed by atoms with Crippen LogP contribution in [0.2, 0.25) is 0 Å². The number of nitrogens with zero attached hydrogens (tertiary/aromatic N) is 2. The van der Waals surface area contributed by atoms with E-state index in [1.807, 2.05) is 7.05 Å². The highest BCUT2D eigenvalue weighted by Gasteiger charge is 2.32. The van der Waals surface area contributed by atoms with Crippen molar-refractivity contribution in [2.75, 3.05) is 33.2 Å². The van der Waals surface area contributed by atoms with E-state index in [-0.39, 0.29) is 0 Å². The summed E-state index contributed by atoms with van der Waals surface area (Å²) in [6.45, 7) is 11.7. The first-order chi connectivity index (χ1) is 11.1. The van der Waals surface area contributed by atoms with Gasteiger partial charge in [-0.1, -0.05) is 33.6 Å². The van der Waals surface area contributed by atoms with Gasteiger partial charge in [-0.25, -0.2) is 0 Å². The molecule has 2 N–H and O–H groups in total. The first-order valence-corrected chi connectivity index (χ1v) is 9.76. The predicted octanol–water partition coefficient (Wildman–Crippen LogP) is 3.24. The first-order valence-electron chi connectivity index (χ1n) is 9.76. The lowest BCUT2D eigenvalue weighted by Crippen LogP contribution is -2.50. The summed E-state index contributed by atoms with van der Waals surface area (Å²) in [5, 5.41) is 7.28. The highest BCUT2D eigenvalue weighted by Crippen LogP contribution is 2.40. The maximum atomic E-state index is 4.46. The van der Waals surface area contributed by atoms with E-state index in [2.05, 4.69) is 41.3 Å². The summed E-state index contributed by atoms with van der Waals surface area (Å²) in [6.07, 6.45) is 9.29. The molecule has 0 radical (unpaired) electrons. The molecule has 0 aromatic heterocycles. The number of piperidine rings is 1. The van der Waals surface area contributed by atoms with Crippen molar-refractivity contribution in [3.05, 3.63) is 0 Å². The Kier molecular flexibility index (Phi) is 7.19. The molecular weight excluding hydrogens is 284 g/mol. The van der Waals surface area contributed by atoms with Crippen LogP contribution in [0.15, 0.2) is 4.99 Å². The fourth-order valence-electron chi connectivity index (χ4n) is 4.22. The third-order valence-corrected chi connectivity index (χ3v) is 5.82. The molecule has 0 aromatic rings. The van der Waals surface area contributed by atoms with Gasteiger partial charge < -0.3 is 15.5 Å². The summed E-state index contributed by atoms with van der Waals surface area (Å²) in [5.74, 6) is 1.78. The molecular formula is C19H38N4. The monoisotopic (exact) mass is 322 g/mol. The molecule has 134 valence electrons. The Labute approximate surface area is 143 Å². The smallest absolute Gasteiger partial charge is 0.191 e. The quantitative estimate of drug-likeness (QED) is 0.582. The molecule has 1 heterocycles.